The Morgan fingerprint density at radius 3 is 2.69 bits per heavy atom. The number of halogens is 3. The van der Waals surface area contributed by atoms with E-state index < -0.39 is 27.4 Å². The summed E-state index contributed by atoms with van der Waals surface area (Å²) < 4.78 is 54.7. The summed E-state index contributed by atoms with van der Waals surface area (Å²) >= 11 is 7.38. The number of hydrogen-bond donors (Lipinski definition) is 3. The van der Waals surface area contributed by atoms with Crippen molar-refractivity contribution in [2.24, 2.45) is 0 Å². The third-order valence-electron chi connectivity index (χ3n) is 5.04. The van der Waals surface area contributed by atoms with Gasteiger partial charge in [0.05, 0.1) is 10.7 Å². The van der Waals surface area contributed by atoms with Crippen molar-refractivity contribution in [1.29, 1.82) is 0 Å². The third-order valence-corrected chi connectivity index (χ3v) is 7.52. The second kappa shape index (κ2) is 12.3. The van der Waals surface area contributed by atoms with Crippen molar-refractivity contribution in [2.45, 2.75) is 42.7 Å². The number of benzene rings is 1. The van der Waals surface area contributed by atoms with E-state index in [1.807, 2.05) is 11.9 Å². The van der Waals surface area contributed by atoms with Crippen LogP contribution in [0.2, 0.25) is 5.02 Å². The zero-order chi connectivity index (χ0) is 23.7. The van der Waals surface area contributed by atoms with E-state index in [9.17, 15) is 17.2 Å². The lowest BCUT2D eigenvalue weighted by molar-refractivity contribution is -0.122. The molecule has 0 saturated heterocycles. The number of thiazole rings is 1. The molecule has 1 aromatic heterocycles. The van der Waals surface area contributed by atoms with E-state index in [0.717, 1.165) is 49.2 Å². The Balaban J connectivity index is 0.00000114. The number of sulfonamides is 1. The Hall–Kier alpha value is -2.02. The third kappa shape index (κ3) is 6.99. The van der Waals surface area contributed by atoms with Crippen molar-refractivity contribution in [2.75, 3.05) is 30.3 Å². The molecule has 0 aliphatic heterocycles. The Kier molecular flexibility index (Phi) is 10.1. The first-order chi connectivity index (χ1) is 15.2. The minimum absolute atomic E-state index is 0.0342. The first-order valence-corrected chi connectivity index (χ1v) is 12.5. The zero-order valence-corrected chi connectivity index (χ0v) is 19.7. The summed E-state index contributed by atoms with van der Waals surface area (Å²) in [6.45, 7) is -0.363. The van der Waals surface area contributed by atoms with Gasteiger partial charge >= 0.3 is 0 Å². The number of carbonyl (C=O) groups is 1. The molecule has 8 nitrogen and oxygen atoms in total. The van der Waals surface area contributed by atoms with Gasteiger partial charge in [-0.2, -0.15) is 0 Å². The number of aromatic nitrogens is 1. The van der Waals surface area contributed by atoms with Gasteiger partial charge in [0.1, 0.15) is 17.4 Å². The highest BCUT2D eigenvalue weighted by atomic mass is 35.5. The molecule has 178 valence electrons. The van der Waals surface area contributed by atoms with Crippen LogP contribution in [0.3, 0.4) is 0 Å². The minimum atomic E-state index is -4.16. The number of nitrogens with one attached hydrogen (secondary N) is 2. The van der Waals surface area contributed by atoms with Crippen LogP contribution in [-0.4, -0.2) is 62.2 Å². The predicted molar refractivity (Wildman–Crippen MR) is 121 cm³/mol. The second-order valence-corrected chi connectivity index (χ2v) is 10.0. The van der Waals surface area contributed by atoms with E-state index in [0.29, 0.717) is 12.2 Å². The van der Waals surface area contributed by atoms with Crippen LogP contribution in [0.5, 0.6) is 0 Å². The van der Waals surface area contributed by atoms with Gasteiger partial charge in [-0.1, -0.05) is 24.4 Å². The first-order valence-electron chi connectivity index (χ1n) is 9.75. The van der Waals surface area contributed by atoms with Crippen molar-refractivity contribution in [3.63, 3.8) is 0 Å². The molecule has 0 unspecified atom stereocenters. The molecule has 1 aromatic carbocycles. The Labute approximate surface area is 194 Å². The average Bonchev–Trinajstić information content (AvgIpc) is 3.24. The number of rotatable bonds is 8. The molecule has 0 spiro atoms. The van der Waals surface area contributed by atoms with Crippen LogP contribution in [0.25, 0.3) is 0 Å². The van der Waals surface area contributed by atoms with E-state index in [1.165, 1.54) is 6.20 Å². The molecule has 1 saturated carbocycles. The lowest BCUT2D eigenvalue weighted by atomic mass is 9.89. The fourth-order valence-electron chi connectivity index (χ4n) is 3.59. The van der Waals surface area contributed by atoms with Crippen LogP contribution < -0.4 is 10.0 Å². The SMILES string of the molecule is CN(CCF)[C@H]1CCCC[C@@H]1Nc1cc(F)c(S(=O)(=O)Nc2nccs2)cc1Cl.O=CO. The molecule has 1 aliphatic rings. The maximum absolute atomic E-state index is 14.7. The van der Waals surface area contributed by atoms with Gasteiger partial charge in [0.25, 0.3) is 16.5 Å². The molecule has 3 rings (SSSR count). The van der Waals surface area contributed by atoms with Crippen molar-refractivity contribution >= 4 is 50.3 Å². The summed E-state index contributed by atoms with van der Waals surface area (Å²) in [6.07, 6.45) is 5.23. The highest BCUT2D eigenvalue weighted by Gasteiger charge is 2.29. The normalized spacial score (nSPS) is 18.5. The van der Waals surface area contributed by atoms with E-state index in [-0.39, 0.29) is 28.7 Å². The van der Waals surface area contributed by atoms with Crippen LogP contribution in [0.1, 0.15) is 25.7 Å². The topological polar surface area (TPSA) is 112 Å². The van der Waals surface area contributed by atoms with Crippen LogP contribution in [0.4, 0.5) is 19.6 Å². The minimum Gasteiger partial charge on any atom is -0.483 e. The summed E-state index contributed by atoms with van der Waals surface area (Å²) in [5, 5.41) is 12.0. The molecule has 0 bridgehead atoms. The highest BCUT2D eigenvalue weighted by Crippen LogP contribution is 2.32. The van der Waals surface area contributed by atoms with E-state index in [4.69, 9.17) is 21.5 Å². The maximum Gasteiger partial charge on any atom is 0.290 e. The van der Waals surface area contributed by atoms with Gasteiger partial charge in [-0.15, -0.1) is 11.3 Å². The first kappa shape index (κ1) is 26.2. The molecule has 1 aliphatic carbocycles. The van der Waals surface area contributed by atoms with Gasteiger partial charge in [-0.05, 0) is 32.0 Å². The summed E-state index contributed by atoms with van der Waals surface area (Å²) in [5.74, 6) is -0.912. The molecular formula is C19H25ClF2N4O4S2. The summed E-state index contributed by atoms with van der Waals surface area (Å²) in [5.41, 5.74) is 0.322. The van der Waals surface area contributed by atoms with Crippen LogP contribution in [-0.2, 0) is 14.8 Å². The van der Waals surface area contributed by atoms with Crippen LogP contribution in [0.15, 0.2) is 28.6 Å². The fraction of sp³-hybridized carbons (Fsp3) is 0.474. The molecule has 32 heavy (non-hydrogen) atoms. The summed E-state index contributed by atoms with van der Waals surface area (Å²) in [6, 6.07) is 2.25. The number of likely N-dealkylation sites (N-methyl/N-ethyl adjacent to an activating group) is 1. The lowest BCUT2D eigenvalue weighted by Crippen LogP contribution is -2.47. The van der Waals surface area contributed by atoms with Crippen molar-refractivity contribution in [3.8, 4) is 0 Å². The van der Waals surface area contributed by atoms with Gasteiger partial charge in [0.15, 0.2) is 5.13 Å². The van der Waals surface area contributed by atoms with Crippen molar-refractivity contribution in [3.05, 3.63) is 34.5 Å². The predicted octanol–water partition coefficient (Wildman–Crippen LogP) is 4.06. The Morgan fingerprint density at radius 1 is 1.38 bits per heavy atom. The Morgan fingerprint density at radius 2 is 2.06 bits per heavy atom. The van der Waals surface area contributed by atoms with Crippen molar-refractivity contribution in [1.82, 2.24) is 9.88 Å². The smallest absolute Gasteiger partial charge is 0.290 e. The standard InChI is InChI=1S/C18H23ClF2N4O2S2.CH2O2/c1-25(8-6-20)16-5-3-2-4-14(16)23-15-11-13(21)17(10-12(15)19)29(26,27)24-18-22-7-9-28-18;2-1-3/h7,9-11,14,16,23H,2-6,8H2,1H3,(H,22,24);1H,(H,2,3)/t14-,16-;/m0./s1. The number of hydrogen-bond acceptors (Lipinski definition) is 7. The highest BCUT2D eigenvalue weighted by molar-refractivity contribution is 7.93. The van der Waals surface area contributed by atoms with Crippen LogP contribution >= 0.6 is 22.9 Å². The number of alkyl halides is 1. The average molecular weight is 511 g/mol. The number of carboxylic acid groups (broad SMARTS) is 1. The molecule has 2 aromatic rings. The molecular weight excluding hydrogens is 486 g/mol. The Bertz CT molecular complexity index is 980. The zero-order valence-electron chi connectivity index (χ0n) is 17.3. The van der Waals surface area contributed by atoms with E-state index in [2.05, 4.69) is 15.0 Å². The summed E-state index contributed by atoms with van der Waals surface area (Å²) in [7, 11) is -2.29. The van der Waals surface area contributed by atoms with Crippen molar-refractivity contribution < 1.29 is 27.1 Å². The van der Waals surface area contributed by atoms with Gasteiger partial charge in [-0.25, -0.2) is 22.2 Å². The maximum atomic E-state index is 14.7. The number of anilines is 2. The quantitative estimate of drug-likeness (QED) is 0.459. The fourth-order valence-corrected chi connectivity index (χ4v) is 5.75. The van der Waals surface area contributed by atoms with Crippen LogP contribution in [0, 0.1) is 5.82 Å². The van der Waals surface area contributed by atoms with Gasteiger partial charge < -0.3 is 10.4 Å². The number of nitrogens with zero attached hydrogens (tertiary/aromatic N) is 2. The molecule has 13 heteroatoms. The summed E-state index contributed by atoms with van der Waals surface area (Å²) in [4.78, 5) is 13.6. The molecule has 1 heterocycles. The lowest BCUT2D eigenvalue weighted by Gasteiger charge is -2.38. The second-order valence-electron chi connectivity index (χ2n) is 7.08. The van der Waals surface area contributed by atoms with E-state index >= 15 is 0 Å². The van der Waals surface area contributed by atoms with Gasteiger partial charge in [-0.3, -0.25) is 14.4 Å². The molecule has 0 amide bonds. The molecule has 2 atom stereocenters. The molecule has 1 fully saturated rings. The van der Waals surface area contributed by atoms with Gasteiger partial charge in [0.2, 0.25) is 0 Å². The van der Waals surface area contributed by atoms with Gasteiger partial charge in [0, 0.05) is 30.2 Å². The largest absolute Gasteiger partial charge is 0.483 e. The van der Waals surface area contributed by atoms with E-state index in [1.54, 1.807) is 5.38 Å². The molecule has 3 N–H and O–H groups in total. The monoisotopic (exact) mass is 510 g/mol. The molecule has 0 radical (unpaired) electrons.